The lowest BCUT2D eigenvalue weighted by molar-refractivity contribution is -0.144. The van der Waals surface area contributed by atoms with Crippen molar-refractivity contribution in [1.82, 2.24) is 4.31 Å². The number of hydrogen-bond donors (Lipinski definition) is 0. The molecule has 0 aliphatic rings. The minimum absolute atomic E-state index is 0.00660. The van der Waals surface area contributed by atoms with E-state index in [9.17, 15) is 21.6 Å². The molecule has 4 rings (SSSR count). The Kier molecular flexibility index (Phi) is 8.82. The molecule has 0 amide bonds. The standard InChI is InChI=1S/C32H33NO6S2/c1-22(2)31(32(34)39-5)33(41(37,38)30-16-12-24(4)13-17-30)20-27-18-25-8-6-7-9-26(25)19-28(27)21-40(35,36)29-14-10-23(3)11-15-29/h6-19,31H,1,20-21H2,2-5H3. The normalized spacial score (nSPS) is 12.8. The number of sulfone groups is 1. The Morgan fingerprint density at radius 3 is 1.78 bits per heavy atom. The van der Waals surface area contributed by atoms with Gasteiger partial charge in [0.15, 0.2) is 9.84 Å². The van der Waals surface area contributed by atoms with Gasteiger partial charge >= 0.3 is 5.97 Å². The highest BCUT2D eigenvalue weighted by molar-refractivity contribution is 7.90. The number of carbonyl (C=O) groups excluding carboxylic acids is 1. The van der Waals surface area contributed by atoms with Crippen LogP contribution < -0.4 is 0 Å². The van der Waals surface area contributed by atoms with Gasteiger partial charge in [-0.15, -0.1) is 0 Å². The van der Waals surface area contributed by atoms with Crippen LogP contribution in [0, 0.1) is 13.8 Å². The van der Waals surface area contributed by atoms with Crippen LogP contribution in [0.4, 0.5) is 0 Å². The number of esters is 1. The molecular formula is C32H33NO6S2. The molecule has 1 atom stereocenters. The van der Waals surface area contributed by atoms with Crippen LogP contribution in [-0.4, -0.2) is 40.3 Å². The van der Waals surface area contributed by atoms with E-state index in [1.807, 2.05) is 38.1 Å². The molecule has 0 heterocycles. The molecule has 4 aromatic rings. The summed E-state index contributed by atoms with van der Waals surface area (Å²) in [5.41, 5.74) is 2.95. The summed E-state index contributed by atoms with van der Waals surface area (Å²) in [6.07, 6.45) is 0. The molecule has 0 fully saturated rings. The van der Waals surface area contributed by atoms with Crippen LogP contribution in [0.1, 0.15) is 29.2 Å². The fraction of sp³-hybridized carbons (Fsp3) is 0.219. The third-order valence-corrected chi connectivity index (χ3v) is 10.4. The van der Waals surface area contributed by atoms with E-state index in [0.29, 0.717) is 11.1 Å². The number of methoxy groups -OCH3 is 1. The zero-order valence-corrected chi connectivity index (χ0v) is 25.1. The molecule has 0 N–H and O–H groups in total. The minimum atomic E-state index is -4.26. The largest absolute Gasteiger partial charge is 0.468 e. The Hall–Kier alpha value is -3.79. The topological polar surface area (TPSA) is 97.8 Å². The number of ether oxygens (including phenoxy) is 1. The van der Waals surface area contributed by atoms with Crippen molar-refractivity contribution in [2.75, 3.05) is 7.11 Å². The summed E-state index contributed by atoms with van der Waals surface area (Å²) in [6, 6.07) is 22.5. The summed E-state index contributed by atoms with van der Waals surface area (Å²) in [5.74, 6) is -1.15. The third-order valence-electron chi connectivity index (χ3n) is 6.93. The van der Waals surface area contributed by atoms with Crippen LogP contribution in [0.5, 0.6) is 0 Å². The number of hydrogen-bond acceptors (Lipinski definition) is 6. The Morgan fingerprint density at radius 2 is 1.29 bits per heavy atom. The number of carbonyl (C=O) groups is 1. The Morgan fingerprint density at radius 1 is 0.805 bits per heavy atom. The fourth-order valence-electron chi connectivity index (χ4n) is 4.65. The Labute approximate surface area is 242 Å². The second-order valence-electron chi connectivity index (χ2n) is 10.2. The first-order valence-electron chi connectivity index (χ1n) is 12.9. The quantitative estimate of drug-likeness (QED) is 0.172. The Balaban J connectivity index is 1.90. The molecule has 0 bridgehead atoms. The summed E-state index contributed by atoms with van der Waals surface area (Å²) in [5, 5.41) is 1.61. The summed E-state index contributed by atoms with van der Waals surface area (Å²) < 4.78 is 61.2. The van der Waals surface area contributed by atoms with Gasteiger partial charge < -0.3 is 4.74 Å². The Bertz CT molecular complexity index is 1810. The van der Waals surface area contributed by atoms with Gasteiger partial charge in [0.05, 0.1) is 22.7 Å². The van der Waals surface area contributed by atoms with Crippen molar-refractivity contribution in [3.05, 3.63) is 119 Å². The van der Waals surface area contributed by atoms with Crippen LogP contribution in [0.25, 0.3) is 10.8 Å². The molecule has 214 valence electrons. The van der Waals surface area contributed by atoms with Gasteiger partial charge in [-0.25, -0.2) is 21.6 Å². The van der Waals surface area contributed by atoms with Crippen molar-refractivity contribution in [2.45, 2.75) is 48.9 Å². The molecule has 0 saturated carbocycles. The summed E-state index contributed by atoms with van der Waals surface area (Å²) in [4.78, 5) is 13.1. The van der Waals surface area contributed by atoms with Crippen LogP contribution in [-0.2, 0) is 41.7 Å². The SMILES string of the molecule is C=C(C)C(C(=O)OC)N(Cc1cc2ccccc2cc1CS(=O)(=O)c1ccc(C)cc1)S(=O)(=O)c1ccc(C)cc1. The number of nitrogens with zero attached hydrogens (tertiary/aromatic N) is 1. The van der Waals surface area contributed by atoms with E-state index in [1.54, 1.807) is 55.5 Å². The van der Waals surface area contributed by atoms with E-state index in [1.165, 1.54) is 19.2 Å². The number of fused-ring (bicyclic) bond motifs is 1. The van der Waals surface area contributed by atoms with Gasteiger partial charge in [0.25, 0.3) is 0 Å². The van der Waals surface area contributed by atoms with Crippen LogP contribution in [0.3, 0.4) is 0 Å². The summed E-state index contributed by atoms with van der Waals surface area (Å²) >= 11 is 0. The van der Waals surface area contributed by atoms with Gasteiger partial charge in [0.2, 0.25) is 10.0 Å². The van der Waals surface area contributed by atoms with E-state index in [2.05, 4.69) is 6.58 Å². The number of sulfonamides is 1. The van der Waals surface area contributed by atoms with Crippen LogP contribution in [0.2, 0.25) is 0 Å². The minimum Gasteiger partial charge on any atom is -0.468 e. The zero-order valence-electron chi connectivity index (χ0n) is 23.5. The predicted molar refractivity (Wildman–Crippen MR) is 161 cm³/mol. The molecule has 0 aromatic heterocycles. The van der Waals surface area contributed by atoms with Crippen molar-refractivity contribution < 1.29 is 26.4 Å². The highest BCUT2D eigenvalue weighted by Crippen LogP contribution is 2.30. The molecule has 4 aromatic carbocycles. The first kappa shape index (κ1) is 30.2. The summed E-state index contributed by atoms with van der Waals surface area (Å²) in [6.45, 7) is 8.87. The van der Waals surface area contributed by atoms with E-state index in [0.717, 1.165) is 26.2 Å². The van der Waals surface area contributed by atoms with Gasteiger partial charge in [-0.1, -0.05) is 71.8 Å². The molecular weight excluding hydrogens is 558 g/mol. The third kappa shape index (κ3) is 6.59. The van der Waals surface area contributed by atoms with Crippen molar-refractivity contribution in [1.29, 1.82) is 0 Å². The monoisotopic (exact) mass is 591 g/mol. The zero-order chi connectivity index (χ0) is 29.9. The molecule has 0 aliphatic heterocycles. The average Bonchev–Trinajstić information content (AvgIpc) is 2.92. The maximum Gasteiger partial charge on any atom is 0.328 e. The van der Waals surface area contributed by atoms with Crippen molar-refractivity contribution >= 4 is 36.6 Å². The first-order chi connectivity index (χ1) is 19.3. The first-order valence-corrected chi connectivity index (χ1v) is 16.0. The lowest BCUT2D eigenvalue weighted by atomic mass is 10.0. The maximum absolute atomic E-state index is 14.1. The molecule has 0 saturated heterocycles. The van der Waals surface area contributed by atoms with E-state index in [-0.39, 0.29) is 27.7 Å². The van der Waals surface area contributed by atoms with E-state index >= 15 is 0 Å². The van der Waals surface area contributed by atoms with Gasteiger partial charge in [0, 0.05) is 6.54 Å². The van der Waals surface area contributed by atoms with Gasteiger partial charge in [-0.2, -0.15) is 4.31 Å². The molecule has 41 heavy (non-hydrogen) atoms. The van der Waals surface area contributed by atoms with E-state index < -0.39 is 31.9 Å². The lowest BCUT2D eigenvalue weighted by Gasteiger charge is -2.30. The molecule has 7 nitrogen and oxygen atoms in total. The number of aryl methyl sites for hydroxylation is 2. The fourth-order valence-corrected chi connectivity index (χ4v) is 7.65. The highest BCUT2D eigenvalue weighted by atomic mass is 32.2. The molecule has 0 radical (unpaired) electrons. The number of rotatable bonds is 10. The van der Waals surface area contributed by atoms with E-state index in [4.69, 9.17) is 4.74 Å². The second-order valence-corrected chi connectivity index (χ2v) is 14.1. The number of benzene rings is 4. The second kappa shape index (κ2) is 12.0. The predicted octanol–water partition coefficient (Wildman–Crippen LogP) is 5.74. The lowest BCUT2D eigenvalue weighted by Crippen LogP contribution is -2.45. The van der Waals surface area contributed by atoms with Gasteiger partial charge in [-0.05, 0) is 79.1 Å². The van der Waals surface area contributed by atoms with Crippen molar-refractivity contribution in [2.24, 2.45) is 0 Å². The highest BCUT2D eigenvalue weighted by Gasteiger charge is 2.38. The maximum atomic E-state index is 14.1. The molecule has 0 aliphatic carbocycles. The van der Waals surface area contributed by atoms with Gasteiger partial charge in [-0.3, -0.25) is 0 Å². The average molecular weight is 592 g/mol. The van der Waals surface area contributed by atoms with Crippen molar-refractivity contribution in [3.8, 4) is 0 Å². The van der Waals surface area contributed by atoms with Crippen molar-refractivity contribution in [3.63, 3.8) is 0 Å². The molecule has 0 spiro atoms. The van der Waals surface area contributed by atoms with Crippen LogP contribution >= 0.6 is 0 Å². The molecule has 1 unspecified atom stereocenters. The summed E-state index contributed by atoms with van der Waals surface area (Å²) in [7, 11) is -6.86. The van der Waals surface area contributed by atoms with Gasteiger partial charge in [0.1, 0.15) is 6.04 Å². The smallest absolute Gasteiger partial charge is 0.328 e. The molecule has 9 heteroatoms. The van der Waals surface area contributed by atoms with Crippen LogP contribution in [0.15, 0.2) is 107 Å².